The molecule has 0 spiro atoms. The molecule has 0 atom stereocenters. The fourth-order valence-corrected chi connectivity index (χ4v) is 2.11. The first-order chi connectivity index (χ1) is 8.24. The zero-order chi connectivity index (χ0) is 11.8. The maximum Gasteiger partial charge on any atom is 0.160 e. The molecule has 2 nitrogen and oxygen atoms in total. The second-order valence-corrected chi connectivity index (χ2v) is 4.50. The summed E-state index contributed by atoms with van der Waals surface area (Å²) in [5.41, 5.74) is 7.14. The number of rotatable bonds is 0. The molecule has 1 aromatic carbocycles. The van der Waals surface area contributed by atoms with Crippen LogP contribution in [0, 0.1) is 13.8 Å². The molecular weight excluding hydrogens is 208 g/mol. The predicted octanol–water partition coefficient (Wildman–Crippen LogP) is 2.59. The van der Waals surface area contributed by atoms with E-state index in [9.17, 15) is 0 Å². The lowest BCUT2D eigenvalue weighted by molar-refractivity contribution is -0.508. The molecule has 17 heavy (non-hydrogen) atoms. The van der Waals surface area contributed by atoms with Gasteiger partial charge in [0.25, 0.3) is 0 Å². The Kier molecular flexibility index (Phi) is 2.30. The summed E-state index contributed by atoms with van der Waals surface area (Å²) in [4.78, 5) is 4.72. The highest BCUT2D eigenvalue weighted by Gasteiger charge is 2.20. The van der Waals surface area contributed by atoms with Crippen LogP contribution in [0.3, 0.4) is 0 Å². The van der Waals surface area contributed by atoms with Crippen LogP contribution in [0.15, 0.2) is 53.2 Å². The summed E-state index contributed by atoms with van der Waals surface area (Å²) in [6.45, 7) is 4.27. The van der Waals surface area contributed by atoms with Crippen LogP contribution in [0.5, 0.6) is 0 Å². The number of fused-ring (bicyclic) bond motifs is 2. The van der Waals surface area contributed by atoms with E-state index in [1.165, 1.54) is 22.5 Å². The van der Waals surface area contributed by atoms with Gasteiger partial charge in [-0.3, -0.25) is 5.32 Å². The Morgan fingerprint density at radius 2 is 1.82 bits per heavy atom. The third-order valence-corrected chi connectivity index (χ3v) is 3.24. The number of nitrogens with zero attached hydrogens (tertiary/aromatic N) is 1. The van der Waals surface area contributed by atoms with Gasteiger partial charge in [0, 0.05) is 12.1 Å². The average molecular weight is 223 g/mol. The molecule has 2 aliphatic rings. The van der Waals surface area contributed by atoms with Crippen LogP contribution in [0.4, 0.5) is 11.4 Å². The summed E-state index contributed by atoms with van der Waals surface area (Å²) in [5.74, 6) is 0. The summed E-state index contributed by atoms with van der Waals surface area (Å²) < 4.78 is 0. The lowest BCUT2D eigenvalue weighted by Gasteiger charge is -2.15. The molecule has 1 heterocycles. The zero-order valence-corrected chi connectivity index (χ0v) is 10.1. The normalized spacial score (nSPS) is 16.8. The molecule has 0 saturated heterocycles. The lowest BCUT2D eigenvalue weighted by atomic mass is 10.1. The van der Waals surface area contributed by atoms with Crippen LogP contribution in [0.2, 0.25) is 0 Å². The van der Waals surface area contributed by atoms with Crippen LogP contribution >= 0.6 is 0 Å². The Morgan fingerprint density at radius 1 is 1.00 bits per heavy atom. The van der Waals surface area contributed by atoms with E-state index in [0.29, 0.717) is 0 Å². The van der Waals surface area contributed by atoms with Crippen LogP contribution in [-0.4, -0.2) is 5.71 Å². The van der Waals surface area contributed by atoms with E-state index in [4.69, 9.17) is 4.99 Å². The predicted molar refractivity (Wildman–Crippen MR) is 71.0 cm³/mol. The Morgan fingerprint density at radius 3 is 2.71 bits per heavy atom. The van der Waals surface area contributed by atoms with Gasteiger partial charge >= 0.3 is 0 Å². The molecule has 2 N–H and O–H groups in total. The molecule has 0 unspecified atom stereocenters. The molecular formula is C15H15N2+. The maximum atomic E-state index is 4.72. The molecule has 0 bridgehead atoms. The second kappa shape index (κ2) is 3.82. The Labute approximate surface area is 101 Å². The number of nitrogens with two attached hydrogens (primary N) is 1. The first-order valence-electron chi connectivity index (χ1n) is 5.84. The minimum atomic E-state index is 1.05. The van der Waals surface area contributed by atoms with Gasteiger partial charge in [-0.2, -0.15) is 0 Å². The van der Waals surface area contributed by atoms with Crippen molar-refractivity contribution in [3.63, 3.8) is 0 Å². The van der Waals surface area contributed by atoms with Crippen molar-refractivity contribution in [3.8, 4) is 0 Å². The van der Waals surface area contributed by atoms with Gasteiger partial charge in [0.15, 0.2) is 11.4 Å². The molecule has 0 fully saturated rings. The summed E-state index contributed by atoms with van der Waals surface area (Å²) in [7, 11) is 0. The van der Waals surface area contributed by atoms with Crippen LogP contribution in [0.25, 0.3) is 0 Å². The van der Waals surface area contributed by atoms with E-state index in [0.717, 1.165) is 11.4 Å². The topological polar surface area (TPSA) is 29.0 Å². The number of aliphatic imine (C=N–C) groups is 1. The van der Waals surface area contributed by atoms with Gasteiger partial charge in [0.2, 0.25) is 0 Å². The van der Waals surface area contributed by atoms with Gasteiger partial charge in [-0.05, 0) is 37.1 Å². The molecule has 3 rings (SSSR count). The second-order valence-electron chi connectivity index (χ2n) is 4.50. The monoisotopic (exact) mass is 223 g/mol. The molecule has 84 valence electrons. The van der Waals surface area contributed by atoms with Gasteiger partial charge in [-0.25, -0.2) is 4.99 Å². The van der Waals surface area contributed by atoms with Crippen LogP contribution in [-0.2, 0) is 0 Å². The zero-order valence-electron chi connectivity index (χ0n) is 10.1. The number of quaternary nitrogens is 1. The fraction of sp³-hybridized carbons (Fsp3) is 0.133. The molecule has 0 radical (unpaired) electrons. The minimum absolute atomic E-state index is 1.05. The third kappa shape index (κ3) is 1.77. The number of hydrogen-bond acceptors (Lipinski definition) is 1. The smallest absolute Gasteiger partial charge is 0.160 e. The van der Waals surface area contributed by atoms with E-state index in [-0.39, 0.29) is 0 Å². The van der Waals surface area contributed by atoms with Crippen molar-refractivity contribution in [2.75, 3.05) is 0 Å². The van der Waals surface area contributed by atoms with Crippen molar-refractivity contribution < 1.29 is 5.32 Å². The van der Waals surface area contributed by atoms with Gasteiger partial charge in [0.1, 0.15) is 11.4 Å². The number of aryl methyl sites for hydroxylation is 2. The van der Waals surface area contributed by atoms with Crippen molar-refractivity contribution in [1.82, 2.24) is 0 Å². The molecule has 0 aromatic heterocycles. The quantitative estimate of drug-likeness (QED) is 0.655. The van der Waals surface area contributed by atoms with E-state index in [2.05, 4.69) is 49.5 Å². The average Bonchev–Trinajstić information content (AvgIpc) is 2.53. The highest BCUT2D eigenvalue weighted by molar-refractivity contribution is 6.09. The van der Waals surface area contributed by atoms with Gasteiger partial charge in [0.05, 0.1) is 0 Å². The SMILES string of the molecule is Cc1cc2c(cc1C)[NH2+]C1=CC=CC=CC1=N2. The summed E-state index contributed by atoms with van der Waals surface area (Å²) in [6.07, 6.45) is 10.3. The number of hydrogen-bond donors (Lipinski definition) is 1. The van der Waals surface area contributed by atoms with Gasteiger partial charge in [-0.15, -0.1) is 0 Å². The molecule has 1 aromatic rings. The first-order valence-corrected chi connectivity index (χ1v) is 5.84. The molecule has 0 amide bonds. The molecule has 1 aliphatic heterocycles. The lowest BCUT2D eigenvalue weighted by Crippen LogP contribution is -2.78. The van der Waals surface area contributed by atoms with E-state index in [1.807, 2.05) is 12.2 Å². The van der Waals surface area contributed by atoms with E-state index < -0.39 is 0 Å². The Balaban J connectivity index is 2.17. The van der Waals surface area contributed by atoms with Gasteiger partial charge < -0.3 is 0 Å². The fourth-order valence-electron chi connectivity index (χ4n) is 2.11. The highest BCUT2D eigenvalue weighted by Crippen LogP contribution is 2.28. The van der Waals surface area contributed by atoms with Crippen molar-refractivity contribution in [2.24, 2.45) is 4.99 Å². The number of allylic oxidation sites excluding steroid dienone is 5. The summed E-state index contributed by atoms with van der Waals surface area (Å²) in [5, 5.41) is 2.21. The highest BCUT2D eigenvalue weighted by atomic mass is 15.0. The van der Waals surface area contributed by atoms with Crippen LogP contribution < -0.4 is 5.32 Å². The van der Waals surface area contributed by atoms with Crippen LogP contribution in [0.1, 0.15) is 11.1 Å². The number of benzene rings is 1. The Hall–Kier alpha value is -1.93. The minimum Gasteiger partial charge on any atom is -0.278 e. The van der Waals surface area contributed by atoms with E-state index in [1.54, 1.807) is 0 Å². The first kappa shape index (κ1) is 10.2. The summed E-state index contributed by atoms with van der Waals surface area (Å²) in [6, 6.07) is 4.38. The van der Waals surface area contributed by atoms with Crippen molar-refractivity contribution in [2.45, 2.75) is 13.8 Å². The maximum absolute atomic E-state index is 4.72. The summed E-state index contributed by atoms with van der Waals surface area (Å²) >= 11 is 0. The van der Waals surface area contributed by atoms with E-state index >= 15 is 0 Å². The third-order valence-electron chi connectivity index (χ3n) is 3.24. The largest absolute Gasteiger partial charge is 0.278 e. The van der Waals surface area contributed by atoms with Crippen molar-refractivity contribution in [3.05, 3.63) is 59.3 Å². The standard InChI is InChI=1S/C15H14N2/c1-10-8-14-15(9-11(10)2)17-13-7-5-3-4-6-12(13)16-14/h3-9,16H,1-2H3/p+1. The molecule has 2 heteroatoms. The Bertz CT molecular complexity index is 602. The molecule has 0 saturated carbocycles. The van der Waals surface area contributed by atoms with Crippen molar-refractivity contribution >= 4 is 17.1 Å². The van der Waals surface area contributed by atoms with Gasteiger partial charge in [-0.1, -0.05) is 18.2 Å². The molecule has 1 aliphatic carbocycles. The van der Waals surface area contributed by atoms with Crippen molar-refractivity contribution in [1.29, 1.82) is 0 Å².